The Morgan fingerprint density at radius 2 is 1.68 bits per heavy atom. The molecule has 2 aromatic carbocycles. The van der Waals surface area contributed by atoms with Crippen LogP contribution in [-0.4, -0.2) is 17.9 Å². The number of hydrogen-bond donors (Lipinski definition) is 2. The molecule has 0 spiro atoms. The van der Waals surface area contributed by atoms with E-state index in [2.05, 4.69) is 10.6 Å². The quantitative estimate of drug-likeness (QED) is 0.572. The van der Waals surface area contributed by atoms with E-state index in [0.29, 0.717) is 27.2 Å². The summed E-state index contributed by atoms with van der Waals surface area (Å²) in [6, 6.07) is 14.6. The minimum atomic E-state index is -0.781. The summed E-state index contributed by atoms with van der Waals surface area (Å²) in [5.41, 5.74) is 1.12. The summed E-state index contributed by atoms with van der Waals surface area (Å²) in [6.45, 7) is 1.61. The Labute approximate surface area is 171 Å². The van der Waals surface area contributed by atoms with Crippen molar-refractivity contribution in [3.8, 4) is 5.75 Å². The number of anilines is 2. The SMILES string of the molecule is C[C@H](Oc1ccc(Cl)cc1Cl)C(=O)Nc1ccc(NC(=O)c2ccco2)cc1. The largest absolute Gasteiger partial charge is 0.479 e. The van der Waals surface area contributed by atoms with E-state index in [1.165, 1.54) is 6.26 Å². The molecule has 8 heteroatoms. The van der Waals surface area contributed by atoms with E-state index in [9.17, 15) is 9.59 Å². The summed E-state index contributed by atoms with van der Waals surface area (Å²) in [6.07, 6.45) is 0.644. The lowest BCUT2D eigenvalue weighted by molar-refractivity contribution is -0.122. The number of nitrogens with one attached hydrogen (secondary N) is 2. The van der Waals surface area contributed by atoms with Crippen molar-refractivity contribution in [2.75, 3.05) is 10.6 Å². The predicted molar refractivity (Wildman–Crippen MR) is 108 cm³/mol. The first-order chi connectivity index (χ1) is 13.4. The molecule has 0 fully saturated rings. The summed E-state index contributed by atoms with van der Waals surface area (Å²) in [5, 5.41) is 6.24. The van der Waals surface area contributed by atoms with Gasteiger partial charge in [0, 0.05) is 16.4 Å². The Balaban J connectivity index is 1.57. The molecule has 3 aromatic rings. The Bertz CT molecular complexity index is 972. The lowest BCUT2D eigenvalue weighted by atomic mass is 10.2. The van der Waals surface area contributed by atoms with Crippen LogP contribution in [0.1, 0.15) is 17.5 Å². The molecule has 3 rings (SSSR count). The Morgan fingerprint density at radius 1 is 1.00 bits per heavy atom. The number of rotatable bonds is 6. The van der Waals surface area contributed by atoms with E-state index in [1.54, 1.807) is 61.5 Å². The molecule has 0 bridgehead atoms. The van der Waals surface area contributed by atoms with E-state index in [0.717, 1.165) is 0 Å². The molecule has 0 aliphatic heterocycles. The zero-order chi connectivity index (χ0) is 20.1. The van der Waals surface area contributed by atoms with Gasteiger partial charge in [-0.25, -0.2) is 0 Å². The maximum Gasteiger partial charge on any atom is 0.291 e. The predicted octanol–water partition coefficient (Wildman–Crippen LogP) is 5.24. The van der Waals surface area contributed by atoms with Gasteiger partial charge in [-0.15, -0.1) is 0 Å². The van der Waals surface area contributed by atoms with Crippen LogP contribution in [0, 0.1) is 0 Å². The highest BCUT2D eigenvalue weighted by Crippen LogP contribution is 2.28. The summed E-state index contributed by atoms with van der Waals surface area (Å²) >= 11 is 11.9. The number of amides is 2. The number of benzene rings is 2. The van der Waals surface area contributed by atoms with Crippen LogP contribution in [0.2, 0.25) is 10.0 Å². The minimum absolute atomic E-state index is 0.212. The molecule has 6 nitrogen and oxygen atoms in total. The third-order valence-electron chi connectivity index (χ3n) is 3.72. The number of halogens is 2. The summed E-state index contributed by atoms with van der Waals surface area (Å²) in [4.78, 5) is 24.3. The Hall–Kier alpha value is -2.96. The summed E-state index contributed by atoms with van der Waals surface area (Å²) in [5.74, 6) is -0.129. The highest BCUT2D eigenvalue weighted by Gasteiger charge is 2.17. The second-order valence-corrected chi connectivity index (χ2v) is 6.68. The van der Waals surface area contributed by atoms with Gasteiger partial charge in [-0.05, 0) is 61.5 Å². The first kappa shape index (κ1) is 19.8. The van der Waals surface area contributed by atoms with Gasteiger partial charge in [-0.1, -0.05) is 23.2 Å². The molecule has 0 saturated heterocycles. The van der Waals surface area contributed by atoms with Gasteiger partial charge in [0.1, 0.15) is 5.75 Å². The standard InChI is InChI=1S/C20H16Cl2N2O4/c1-12(28-17-9-4-13(21)11-16(17)22)19(25)23-14-5-7-15(8-6-14)24-20(26)18-3-2-10-27-18/h2-12H,1H3,(H,23,25)(H,24,26)/t12-/m0/s1. The highest BCUT2D eigenvalue weighted by atomic mass is 35.5. The topological polar surface area (TPSA) is 80.6 Å². The molecule has 144 valence electrons. The molecular formula is C20H16Cl2N2O4. The van der Waals surface area contributed by atoms with E-state index in [1.807, 2.05) is 0 Å². The Kier molecular flexibility index (Phi) is 6.23. The van der Waals surface area contributed by atoms with Crippen LogP contribution >= 0.6 is 23.2 Å². The second-order valence-electron chi connectivity index (χ2n) is 5.83. The number of carbonyl (C=O) groups excluding carboxylic acids is 2. The van der Waals surface area contributed by atoms with E-state index in [4.69, 9.17) is 32.4 Å². The lowest BCUT2D eigenvalue weighted by Gasteiger charge is -2.16. The van der Waals surface area contributed by atoms with E-state index < -0.39 is 6.10 Å². The number of carbonyl (C=O) groups is 2. The zero-order valence-electron chi connectivity index (χ0n) is 14.7. The first-order valence-corrected chi connectivity index (χ1v) is 9.05. The van der Waals surface area contributed by atoms with Crippen molar-refractivity contribution in [2.24, 2.45) is 0 Å². The van der Waals surface area contributed by atoms with Gasteiger partial charge < -0.3 is 19.8 Å². The molecule has 0 aliphatic rings. The third-order valence-corrected chi connectivity index (χ3v) is 4.25. The van der Waals surface area contributed by atoms with Crippen molar-refractivity contribution in [1.82, 2.24) is 0 Å². The fourth-order valence-corrected chi connectivity index (χ4v) is 2.75. The minimum Gasteiger partial charge on any atom is -0.479 e. The van der Waals surface area contributed by atoms with Crippen molar-refractivity contribution in [3.05, 3.63) is 76.7 Å². The number of ether oxygens (including phenoxy) is 1. The van der Waals surface area contributed by atoms with E-state index >= 15 is 0 Å². The number of furan rings is 1. The molecule has 0 aliphatic carbocycles. The normalized spacial score (nSPS) is 11.5. The average Bonchev–Trinajstić information content (AvgIpc) is 3.20. The van der Waals surface area contributed by atoms with Gasteiger partial charge in [-0.3, -0.25) is 9.59 Å². The van der Waals surface area contributed by atoms with Gasteiger partial charge >= 0.3 is 0 Å². The fraction of sp³-hybridized carbons (Fsp3) is 0.100. The zero-order valence-corrected chi connectivity index (χ0v) is 16.3. The van der Waals surface area contributed by atoms with Gasteiger partial charge in [-0.2, -0.15) is 0 Å². The highest BCUT2D eigenvalue weighted by molar-refractivity contribution is 6.35. The van der Waals surface area contributed by atoms with Crippen molar-refractivity contribution >= 4 is 46.4 Å². The summed E-state index contributed by atoms with van der Waals surface area (Å²) < 4.78 is 10.6. The first-order valence-electron chi connectivity index (χ1n) is 8.30. The smallest absolute Gasteiger partial charge is 0.291 e. The molecule has 0 radical (unpaired) electrons. The summed E-state index contributed by atoms with van der Waals surface area (Å²) in [7, 11) is 0. The van der Waals surface area contributed by atoms with Crippen LogP contribution in [0.5, 0.6) is 5.75 Å². The number of hydrogen-bond acceptors (Lipinski definition) is 4. The van der Waals surface area contributed by atoms with Crippen molar-refractivity contribution < 1.29 is 18.7 Å². The van der Waals surface area contributed by atoms with Crippen molar-refractivity contribution in [3.63, 3.8) is 0 Å². The van der Waals surface area contributed by atoms with Crippen LogP contribution in [0.4, 0.5) is 11.4 Å². The molecule has 2 N–H and O–H groups in total. The van der Waals surface area contributed by atoms with Crippen LogP contribution in [-0.2, 0) is 4.79 Å². The molecule has 1 heterocycles. The third kappa shape index (κ3) is 5.06. The molecule has 1 atom stereocenters. The van der Waals surface area contributed by atoms with E-state index in [-0.39, 0.29) is 17.6 Å². The molecule has 28 heavy (non-hydrogen) atoms. The maximum absolute atomic E-state index is 12.3. The van der Waals surface area contributed by atoms with Crippen molar-refractivity contribution in [2.45, 2.75) is 13.0 Å². The van der Waals surface area contributed by atoms with Gasteiger partial charge in [0.2, 0.25) is 0 Å². The van der Waals surface area contributed by atoms with Crippen LogP contribution in [0.3, 0.4) is 0 Å². The molecule has 0 saturated carbocycles. The van der Waals surface area contributed by atoms with Crippen molar-refractivity contribution in [1.29, 1.82) is 0 Å². The molecular weight excluding hydrogens is 403 g/mol. The van der Waals surface area contributed by atoms with Crippen LogP contribution < -0.4 is 15.4 Å². The van der Waals surface area contributed by atoms with Gasteiger partial charge in [0.25, 0.3) is 11.8 Å². The monoisotopic (exact) mass is 418 g/mol. The van der Waals surface area contributed by atoms with Gasteiger partial charge in [0.15, 0.2) is 11.9 Å². The molecule has 1 aromatic heterocycles. The Morgan fingerprint density at radius 3 is 2.29 bits per heavy atom. The van der Waals surface area contributed by atoms with Gasteiger partial charge in [0.05, 0.1) is 11.3 Å². The van der Waals surface area contributed by atoms with Crippen LogP contribution in [0.25, 0.3) is 0 Å². The second kappa shape index (κ2) is 8.82. The average molecular weight is 419 g/mol. The van der Waals surface area contributed by atoms with Crippen LogP contribution in [0.15, 0.2) is 65.3 Å². The fourth-order valence-electron chi connectivity index (χ4n) is 2.30. The maximum atomic E-state index is 12.3. The molecule has 0 unspecified atom stereocenters. The lowest BCUT2D eigenvalue weighted by Crippen LogP contribution is -2.30. The molecule has 2 amide bonds.